The maximum absolute atomic E-state index is 13.6. The van der Waals surface area contributed by atoms with Crippen molar-refractivity contribution < 1.29 is 8.91 Å². The van der Waals surface area contributed by atoms with Gasteiger partial charge in [0.1, 0.15) is 5.82 Å². The lowest BCUT2D eigenvalue weighted by atomic mass is 10.2. The molecule has 0 saturated carbocycles. The highest BCUT2D eigenvalue weighted by Gasteiger charge is 2.17. The molecule has 0 radical (unpaired) electrons. The second-order valence-corrected chi connectivity index (χ2v) is 5.90. The summed E-state index contributed by atoms with van der Waals surface area (Å²) in [7, 11) is 0. The normalized spacial score (nSPS) is 12.3. The molecule has 1 heterocycles. The van der Waals surface area contributed by atoms with Gasteiger partial charge in [-0.3, -0.25) is 0 Å². The van der Waals surface area contributed by atoms with Gasteiger partial charge in [-0.2, -0.15) is 4.98 Å². The van der Waals surface area contributed by atoms with Crippen molar-refractivity contribution in [3.63, 3.8) is 0 Å². The summed E-state index contributed by atoms with van der Waals surface area (Å²) in [5.41, 5.74) is 0.899. The molecule has 21 heavy (non-hydrogen) atoms. The minimum atomic E-state index is -0.239. The summed E-state index contributed by atoms with van der Waals surface area (Å²) < 4.78 is 18.9. The average Bonchev–Trinajstić information content (AvgIpc) is 3.00. The SMILES string of the molecule is CC(Sc1ccccc1F)c1nc(-c2ccccc2)no1. The molecule has 3 aromatic rings. The quantitative estimate of drug-likeness (QED) is 0.653. The van der Waals surface area contributed by atoms with E-state index in [1.54, 1.807) is 18.2 Å². The zero-order valence-corrected chi connectivity index (χ0v) is 12.2. The van der Waals surface area contributed by atoms with Gasteiger partial charge in [0.15, 0.2) is 0 Å². The fraction of sp³-hybridized carbons (Fsp3) is 0.125. The Morgan fingerprint density at radius 3 is 2.52 bits per heavy atom. The summed E-state index contributed by atoms with van der Waals surface area (Å²) in [6, 6.07) is 16.3. The minimum Gasteiger partial charge on any atom is -0.338 e. The van der Waals surface area contributed by atoms with Crippen LogP contribution in [0.1, 0.15) is 18.1 Å². The first-order valence-electron chi connectivity index (χ1n) is 6.54. The number of hydrogen-bond acceptors (Lipinski definition) is 4. The molecule has 2 aromatic carbocycles. The lowest BCUT2D eigenvalue weighted by Crippen LogP contribution is -1.90. The first kappa shape index (κ1) is 13.8. The van der Waals surface area contributed by atoms with E-state index in [4.69, 9.17) is 4.52 Å². The van der Waals surface area contributed by atoms with Gasteiger partial charge in [-0.25, -0.2) is 4.39 Å². The lowest BCUT2D eigenvalue weighted by molar-refractivity contribution is 0.380. The third kappa shape index (κ3) is 3.13. The second-order valence-electron chi connectivity index (χ2n) is 4.51. The van der Waals surface area contributed by atoms with E-state index in [2.05, 4.69) is 10.1 Å². The summed E-state index contributed by atoms with van der Waals surface area (Å²) in [6.07, 6.45) is 0. The molecule has 0 bridgehead atoms. The van der Waals surface area contributed by atoms with Crippen LogP contribution in [-0.2, 0) is 0 Å². The van der Waals surface area contributed by atoms with Crippen LogP contribution in [0.4, 0.5) is 4.39 Å². The van der Waals surface area contributed by atoms with Crippen molar-refractivity contribution in [2.75, 3.05) is 0 Å². The predicted molar refractivity (Wildman–Crippen MR) is 80.4 cm³/mol. The molecule has 0 aliphatic rings. The first-order chi connectivity index (χ1) is 10.2. The largest absolute Gasteiger partial charge is 0.338 e. The highest BCUT2D eigenvalue weighted by Crippen LogP contribution is 2.35. The van der Waals surface area contributed by atoms with Crippen molar-refractivity contribution in [1.29, 1.82) is 0 Å². The number of rotatable bonds is 4. The average molecular weight is 300 g/mol. The smallest absolute Gasteiger partial charge is 0.240 e. The molecular weight excluding hydrogens is 287 g/mol. The molecule has 0 amide bonds. The van der Waals surface area contributed by atoms with Crippen LogP contribution in [0.5, 0.6) is 0 Å². The summed E-state index contributed by atoms with van der Waals surface area (Å²) in [6.45, 7) is 1.92. The van der Waals surface area contributed by atoms with Crippen molar-refractivity contribution in [2.45, 2.75) is 17.1 Å². The molecule has 0 fully saturated rings. The topological polar surface area (TPSA) is 38.9 Å². The van der Waals surface area contributed by atoms with Gasteiger partial charge in [-0.15, -0.1) is 11.8 Å². The van der Waals surface area contributed by atoms with Crippen molar-refractivity contribution in [3.05, 3.63) is 66.3 Å². The third-order valence-electron chi connectivity index (χ3n) is 2.96. The molecule has 1 aromatic heterocycles. The Kier molecular flexibility index (Phi) is 4.01. The second kappa shape index (κ2) is 6.10. The maximum Gasteiger partial charge on any atom is 0.240 e. The molecule has 3 nitrogen and oxygen atoms in total. The molecule has 1 unspecified atom stereocenters. The van der Waals surface area contributed by atoms with E-state index in [-0.39, 0.29) is 11.1 Å². The van der Waals surface area contributed by atoms with Gasteiger partial charge in [-0.05, 0) is 19.1 Å². The van der Waals surface area contributed by atoms with Crippen LogP contribution in [0.15, 0.2) is 64.0 Å². The fourth-order valence-electron chi connectivity index (χ4n) is 1.89. The van der Waals surface area contributed by atoms with Crippen molar-refractivity contribution in [1.82, 2.24) is 10.1 Å². The van der Waals surface area contributed by atoms with Crippen LogP contribution in [0.3, 0.4) is 0 Å². The Hall–Kier alpha value is -2.14. The van der Waals surface area contributed by atoms with Gasteiger partial charge in [0.05, 0.1) is 5.25 Å². The first-order valence-corrected chi connectivity index (χ1v) is 7.42. The van der Waals surface area contributed by atoms with Gasteiger partial charge in [0.2, 0.25) is 11.7 Å². The Labute approximate surface area is 126 Å². The van der Waals surface area contributed by atoms with E-state index in [1.807, 2.05) is 37.3 Å². The monoisotopic (exact) mass is 300 g/mol. The van der Waals surface area contributed by atoms with Crippen LogP contribution in [0.2, 0.25) is 0 Å². The van der Waals surface area contributed by atoms with Gasteiger partial charge in [0, 0.05) is 10.5 Å². The highest BCUT2D eigenvalue weighted by atomic mass is 32.2. The molecule has 0 aliphatic heterocycles. The van der Waals surface area contributed by atoms with E-state index < -0.39 is 0 Å². The Morgan fingerprint density at radius 1 is 1.05 bits per heavy atom. The van der Waals surface area contributed by atoms with E-state index >= 15 is 0 Å². The maximum atomic E-state index is 13.6. The van der Waals surface area contributed by atoms with Crippen molar-refractivity contribution in [2.24, 2.45) is 0 Å². The standard InChI is InChI=1S/C16H13FN2OS/c1-11(21-14-10-6-5-9-13(14)17)16-18-15(19-20-16)12-7-3-2-4-8-12/h2-11H,1H3. The molecule has 0 saturated heterocycles. The van der Waals surface area contributed by atoms with Crippen molar-refractivity contribution >= 4 is 11.8 Å². The Bertz CT molecular complexity index is 730. The fourth-order valence-corrected chi connectivity index (χ4v) is 2.80. The molecule has 3 rings (SSSR count). The summed E-state index contributed by atoms with van der Waals surface area (Å²) in [4.78, 5) is 4.96. The van der Waals surface area contributed by atoms with Crippen LogP contribution in [0.25, 0.3) is 11.4 Å². The highest BCUT2D eigenvalue weighted by molar-refractivity contribution is 7.99. The van der Waals surface area contributed by atoms with Crippen LogP contribution >= 0.6 is 11.8 Å². The Balaban J connectivity index is 1.79. The molecule has 1 atom stereocenters. The molecule has 0 aliphatic carbocycles. The molecule has 5 heteroatoms. The number of halogens is 1. The van der Waals surface area contributed by atoms with Crippen LogP contribution in [0, 0.1) is 5.82 Å². The molecule has 106 valence electrons. The molecule has 0 spiro atoms. The zero-order chi connectivity index (χ0) is 14.7. The third-order valence-corrected chi connectivity index (χ3v) is 4.10. The van der Waals surface area contributed by atoms with E-state index in [9.17, 15) is 4.39 Å². The van der Waals surface area contributed by atoms with Gasteiger partial charge >= 0.3 is 0 Å². The van der Waals surface area contributed by atoms with Gasteiger partial charge in [-0.1, -0.05) is 47.6 Å². The Morgan fingerprint density at radius 2 is 1.76 bits per heavy atom. The predicted octanol–water partition coefficient (Wildman–Crippen LogP) is 4.73. The number of nitrogens with zero attached hydrogens (tertiary/aromatic N) is 2. The van der Waals surface area contributed by atoms with Crippen molar-refractivity contribution in [3.8, 4) is 11.4 Å². The number of hydrogen-bond donors (Lipinski definition) is 0. The number of benzene rings is 2. The van der Waals surface area contributed by atoms with Crippen LogP contribution < -0.4 is 0 Å². The molecular formula is C16H13FN2OS. The van der Waals surface area contributed by atoms with Gasteiger partial charge in [0.25, 0.3) is 0 Å². The lowest BCUT2D eigenvalue weighted by Gasteiger charge is -2.06. The number of aromatic nitrogens is 2. The van der Waals surface area contributed by atoms with E-state index in [0.717, 1.165) is 5.56 Å². The van der Waals surface area contributed by atoms with Crippen LogP contribution in [-0.4, -0.2) is 10.1 Å². The summed E-state index contributed by atoms with van der Waals surface area (Å²) in [5, 5.41) is 3.86. The van der Waals surface area contributed by atoms with Gasteiger partial charge < -0.3 is 4.52 Å². The van der Waals surface area contributed by atoms with E-state index in [0.29, 0.717) is 16.6 Å². The van der Waals surface area contributed by atoms with E-state index in [1.165, 1.54) is 17.8 Å². The zero-order valence-electron chi connectivity index (χ0n) is 11.4. The summed E-state index contributed by atoms with van der Waals surface area (Å²) >= 11 is 1.36. The minimum absolute atomic E-state index is 0.119. The summed E-state index contributed by atoms with van der Waals surface area (Å²) in [5.74, 6) is 0.797. The molecule has 0 N–H and O–H groups in total. The number of thioether (sulfide) groups is 1.